The van der Waals surface area contributed by atoms with Crippen molar-refractivity contribution in [1.29, 1.82) is 0 Å². The van der Waals surface area contributed by atoms with Gasteiger partial charge in [0.25, 0.3) is 0 Å². The number of rotatable bonds is 4. The first-order chi connectivity index (χ1) is 8.23. The first-order valence-corrected chi connectivity index (χ1v) is 6.76. The number of carbonyl (C=O) groups is 2. The number of aliphatic carboxylic acids is 1. The molecule has 4 nitrogen and oxygen atoms in total. The summed E-state index contributed by atoms with van der Waals surface area (Å²) < 4.78 is 0. The van der Waals surface area contributed by atoms with Crippen LogP contribution in [0.1, 0.15) is 53.4 Å². The van der Waals surface area contributed by atoms with Crippen molar-refractivity contribution in [2.75, 3.05) is 0 Å². The average molecular weight is 255 g/mol. The van der Waals surface area contributed by atoms with Crippen LogP contribution >= 0.6 is 0 Å². The van der Waals surface area contributed by atoms with Crippen LogP contribution in [0, 0.1) is 17.3 Å². The molecule has 0 saturated heterocycles. The lowest BCUT2D eigenvalue weighted by atomic mass is 9.75. The van der Waals surface area contributed by atoms with E-state index in [2.05, 4.69) is 19.2 Å². The Hall–Kier alpha value is -1.06. The molecule has 18 heavy (non-hydrogen) atoms. The van der Waals surface area contributed by atoms with Gasteiger partial charge in [-0.25, -0.2) is 0 Å². The number of amides is 1. The molecule has 0 radical (unpaired) electrons. The lowest BCUT2D eigenvalue weighted by Gasteiger charge is -2.36. The largest absolute Gasteiger partial charge is 0.481 e. The normalized spacial score (nSPS) is 26.1. The summed E-state index contributed by atoms with van der Waals surface area (Å²) in [6.07, 6.45) is 4.30. The number of carboxylic acid groups (broad SMARTS) is 1. The molecule has 1 aliphatic rings. The van der Waals surface area contributed by atoms with E-state index in [0.717, 1.165) is 19.3 Å². The van der Waals surface area contributed by atoms with Crippen LogP contribution in [-0.4, -0.2) is 23.0 Å². The van der Waals surface area contributed by atoms with E-state index in [-0.39, 0.29) is 17.4 Å². The molecule has 104 valence electrons. The fourth-order valence-corrected chi connectivity index (χ4v) is 2.59. The van der Waals surface area contributed by atoms with Crippen LogP contribution in [0.2, 0.25) is 0 Å². The van der Waals surface area contributed by atoms with Gasteiger partial charge in [-0.15, -0.1) is 0 Å². The zero-order valence-corrected chi connectivity index (χ0v) is 11.8. The third-order valence-electron chi connectivity index (χ3n) is 4.10. The maximum Gasteiger partial charge on any atom is 0.307 e. The number of hydrogen-bond acceptors (Lipinski definition) is 2. The smallest absolute Gasteiger partial charge is 0.307 e. The molecule has 0 aromatic carbocycles. The van der Waals surface area contributed by atoms with Crippen molar-refractivity contribution < 1.29 is 14.7 Å². The molecular weight excluding hydrogens is 230 g/mol. The summed E-state index contributed by atoms with van der Waals surface area (Å²) in [5.74, 6) is -2.16. The summed E-state index contributed by atoms with van der Waals surface area (Å²) in [7, 11) is 0. The predicted molar refractivity (Wildman–Crippen MR) is 70.1 cm³/mol. The first kappa shape index (κ1) is 15.0. The summed E-state index contributed by atoms with van der Waals surface area (Å²) in [4.78, 5) is 22.9. The van der Waals surface area contributed by atoms with Crippen molar-refractivity contribution in [3.8, 4) is 0 Å². The van der Waals surface area contributed by atoms with E-state index in [1.807, 2.05) is 0 Å². The molecule has 1 fully saturated rings. The maximum absolute atomic E-state index is 12.0. The standard InChI is InChI=1S/C14H25NO3/c1-9(10(2)13(17)18)12(16)15-11-6-5-7-14(3,4)8-11/h9-11H,5-8H2,1-4H3,(H,15,16)(H,17,18). The molecule has 0 spiro atoms. The molecule has 2 N–H and O–H groups in total. The van der Waals surface area contributed by atoms with Crippen molar-refractivity contribution in [2.45, 2.75) is 59.4 Å². The van der Waals surface area contributed by atoms with Crippen molar-refractivity contribution in [3.63, 3.8) is 0 Å². The van der Waals surface area contributed by atoms with Crippen molar-refractivity contribution in [1.82, 2.24) is 5.32 Å². The molecule has 3 atom stereocenters. The molecule has 1 rings (SSSR count). The van der Waals surface area contributed by atoms with Crippen LogP contribution in [0.5, 0.6) is 0 Å². The highest BCUT2D eigenvalue weighted by atomic mass is 16.4. The Kier molecular flexibility index (Phi) is 4.77. The van der Waals surface area contributed by atoms with Crippen LogP contribution in [0.3, 0.4) is 0 Å². The summed E-state index contributed by atoms with van der Waals surface area (Å²) in [5.41, 5.74) is 0.276. The second kappa shape index (κ2) is 5.72. The SMILES string of the molecule is CC(C(=O)O)C(C)C(=O)NC1CCCC(C)(C)C1. The quantitative estimate of drug-likeness (QED) is 0.810. The van der Waals surface area contributed by atoms with Gasteiger partial charge in [0.2, 0.25) is 5.91 Å². The lowest BCUT2D eigenvalue weighted by Crippen LogP contribution is -2.44. The fourth-order valence-electron chi connectivity index (χ4n) is 2.59. The molecule has 3 unspecified atom stereocenters. The highest BCUT2D eigenvalue weighted by Gasteiger charge is 2.31. The van der Waals surface area contributed by atoms with Crippen LogP contribution in [0.15, 0.2) is 0 Å². The third kappa shape index (κ3) is 4.00. The van der Waals surface area contributed by atoms with Gasteiger partial charge >= 0.3 is 5.97 Å². The first-order valence-electron chi connectivity index (χ1n) is 6.76. The minimum absolute atomic E-state index is 0.132. The summed E-state index contributed by atoms with van der Waals surface area (Å²) in [6, 6.07) is 0.199. The maximum atomic E-state index is 12.0. The Morgan fingerprint density at radius 3 is 2.39 bits per heavy atom. The van der Waals surface area contributed by atoms with Gasteiger partial charge in [-0.05, 0) is 24.7 Å². The minimum atomic E-state index is -0.915. The molecule has 1 amide bonds. The van der Waals surface area contributed by atoms with E-state index in [9.17, 15) is 9.59 Å². The third-order valence-corrected chi connectivity index (χ3v) is 4.10. The number of hydrogen-bond donors (Lipinski definition) is 2. The molecule has 0 bridgehead atoms. The highest BCUT2D eigenvalue weighted by molar-refractivity contribution is 5.84. The molecule has 0 aromatic heterocycles. The Bertz CT molecular complexity index is 325. The number of carboxylic acids is 1. The van der Waals surface area contributed by atoms with Gasteiger partial charge in [-0.3, -0.25) is 9.59 Å². The molecule has 0 aromatic rings. The average Bonchev–Trinajstić information content (AvgIpc) is 2.25. The van der Waals surface area contributed by atoms with Gasteiger partial charge < -0.3 is 10.4 Å². The monoisotopic (exact) mass is 255 g/mol. The van der Waals surface area contributed by atoms with Gasteiger partial charge in [0.15, 0.2) is 0 Å². The van der Waals surface area contributed by atoms with Crippen molar-refractivity contribution in [3.05, 3.63) is 0 Å². The molecule has 0 heterocycles. The van der Waals surface area contributed by atoms with E-state index >= 15 is 0 Å². The van der Waals surface area contributed by atoms with Crippen LogP contribution in [-0.2, 0) is 9.59 Å². The Labute approximate surface area is 109 Å². The summed E-state index contributed by atoms with van der Waals surface area (Å²) in [6.45, 7) is 7.70. The van der Waals surface area contributed by atoms with E-state index in [1.165, 1.54) is 6.42 Å². The second-order valence-corrected chi connectivity index (χ2v) is 6.38. The van der Waals surface area contributed by atoms with E-state index in [0.29, 0.717) is 0 Å². The van der Waals surface area contributed by atoms with E-state index < -0.39 is 17.8 Å². The van der Waals surface area contributed by atoms with E-state index in [1.54, 1.807) is 13.8 Å². The summed E-state index contributed by atoms with van der Waals surface area (Å²) >= 11 is 0. The van der Waals surface area contributed by atoms with Crippen molar-refractivity contribution >= 4 is 11.9 Å². The number of nitrogens with one attached hydrogen (secondary N) is 1. The van der Waals surface area contributed by atoms with Crippen LogP contribution in [0.25, 0.3) is 0 Å². The van der Waals surface area contributed by atoms with Gasteiger partial charge in [-0.1, -0.05) is 34.1 Å². The zero-order valence-electron chi connectivity index (χ0n) is 11.8. The summed E-state index contributed by atoms with van der Waals surface area (Å²) in [5, 5.41) is 11.9. The fraction of sp³-hybridized carbons (Fsp3) is 0.857. The molecular formula is C14H25NO3. The minimum Gasteiger partial charge on any atom is -0.481 e. The van der Waals surface area contributed by atoms with Gasteiger partial charge in [0.1, 0.15) is 0 Å². The Morgan fingerprint density at radius 1 is 1.28 bits per heavy atom. The predicted octanol–water partition coefficient (Wildman–Crippen LogP) is 2.43. The van der Waals surface area contributed by atoms with Gasteiger partial charge in [0, 0.05) is 12.0 Å². The molecule has 4 heteroatoms. The van der Waals surface area contributed by atoms with E-state index in [4.69, 9.17) is 5.11 Å². The molecule has 1 saturated carbocycles. The lowest BCUT2D eigenvalue weighted by molar-refractivity contribution is -0.146. The van der Waals surface area contributed by atoms with Crippen LogP contribution in [0.4, 0.5) is 0 Å². The Balaban J connectivity index is 2.52. The zero-order chi connectivity index (χ0) is 13.9. The van der Waals surface area contributed by atoms with Crippen LogP contribution < -0.4 is 5.32 Å². The van der Waals surface area contributed by atoms with Gasteiger partial charge in [-0.2, -0.15) is 0 Å². The Morgan fingerprint density at radius 2 is 1.89 bits per heavy atom. The topological polar surface area (TPSA) is 66.4 Å². The van der Waals surface area contributed by atoms with Gasteiger partial charge in [0.05, 0.1) is 5.92 Å². The molecule has 0 aliphatic heterocycles. The second-order valence-electron chi connectivity index (χ2n) is 6.38. The number of carbonyl (C=O) groups excluding carboxylic acids is 1. The molecule has 1 aliphatic carbocycles. The van der Waals surface area contributed by atoms with Crippen molar-refractivity contribution in [2.24, 2.45) is 17.3 Å². The highest BCUT2D eigenvalue weighted by Crippen LogP contribution is 2.35.